The highest BCUT2D eigenvalue weighted by molar-refractivity contribution is 9.09. The molecule has 0 saturated carbocycles. The van der Waals surface area contributed by atoms with Crippen LogP contribution in [0.4, 0.5) is 0 Å². The zero-order valence-electron chi connectivity index (χ0n) is 7.77. The van der Waals surface area contributed by atoms with Gasteiger partial charge in [-0.1, -0.05) is 29.8 Å². The van der Waals surface area contributed by atoms with Crippen LogP contribution in [-0.2, 0) is 4.74 Å². The van der Waals surface area contributed by atoms with Gasteiger partial charge in [0.2, 0.25) is 0 Å². The van der Waals surface area contributed by atoms with Gasteiger partial charge >= 0.3 is 0 Å². The Kier molecular flexibility index (Phi) is 7.39. The van der Waals surface area contributed by atoms with Crippen molar-refractivity contribution in [2.24, 2.45) is 11.8 Å². The van der Waals surface area contributed by atoms with E-state index in [2.05, 4.69) is 29.8 Å². The third-order valence-corrected chi connectivity index (χ3v) is 2.90. The van der Waals surface area contributed by atoms with Crippen molar-refractivity contribution < 1.29 is 4.74 Å². The summed E-state index contributed by atoms with van der Waals surface area (Å²) in [4.78, 5) is 0. The first-order valence-electron chi connectivity index (χ1n) is 4.27. The summed E-state index contributed by atoms with van der Waals surface area (Å²) in [5.41, 5.74) is 0. The van der Waals surface area contributed by atoms with Crippen LogP contribution in [0, 0.1) is 11.8 Å². The highest BCUT2D eigenvalue weighted by Crippen LogP contribution is 2.19. The van der Waals surface area contributed by atoms with Crippen molar-refractivity contribution in [1.29, 1.82) is 0 Å². The van der Waals surface area contributed by atoms with E-state index in [4.69, 9.17) is 4.74 Å². The van der Waals surface area contributed by atoms with Crippen molar-refractivity contribution in [2.75, 3.05) is 19.0 Å². The third kappa shape index (κ3) is 5.68. The summed E-state index contributed by atoms with van der Waals surface area (Å²) in [6.07, 6.45) is 2.46. The molecule has 0 heterocycles. The van der Waals surface area contributed by atoms with Crippen molar-refractivity contribution in [1.82, 2.24) is 0 Å². The molecule has 0 bridgehead atoms. The maximum Gasteiger partial charge on any atom is 0.0462 e. The Bertz CT molecular complexity index is 83.6. The lowest BCUT2D eigenvalue weighted by atomic mass is 9.93. The Morgan fingerprint density at radius 2 is 2.00 bits per heavy atom. The van der Waals surface area contributed by atoms with Gasteiger partial charge in [0, 0.05) is 19.0 Å². The van der Waals surface area contributed by atoms with Crippen molar-refractivity contribution in [3.8, 4) is 0 Å². The van der Waals surface area contributed by atoms with Crippen LogP contribution >= 0.6 is 15.9 Å². The molecule has 68 valence electrons. The Balaban J connectivity index is 3.36. The third-order valence-electron chi connectivity index (χ3n) is 2.06. The summed E-state index contributed by atoms with van der Waals surface area (Å²) < 4.78 is 5.00. The summed E-state index contributed by atoms with van der Waals surface area (Å²) in [6, 6.07) is 0. The molecule has 2 heteroatoms. The lowest BCUT2D eigenvalue weighted by Crippen LogP contribution is -2.10. The summed E-state index contributed by atoms with van der Waals surface area (Å²) in [6.45, 7) is 5.45. The number of methoxy groups -OCH3 is 1. The van der Waals surface area contributed by atoms with Gasteiger partial charge in [-0.05, 0) is 24.7 Å². The molecule has 0 N–H and O–H groups in total. The molecule has 0 aliphatic rings. The maximum absolute atomic E-state index is 5.00. The first-order chi connectivity index (χ1) is 5.22. The summed E-state index contributed by atoms with van der Waals surface area (Å²) in [5.74, 6) is 1.59. The first kappa shape index (κ1) is 11.4. The van der Waals surface area contributed by atoms with Crippen LogP contribution in [0.25, 0.3) is 0 Å². The molecule has 0 saturated heterocycles. The second kappa shape index (κ2) is 7.11. The van der Waals surface area contributed by atoms with Crippen LogP contribution in [0.15, 0.2) is 0 Å². The molecule has 0 fully saturated rings. The molecule has 1 unspecified atom stereocenters. The number of ether oxygens (including phenoxy) is 1. The fraction of sp³-hybridized carbons (Fsp3) is 1.00. The van der Waals surface area contributed by atoms with Crippen molar-refractivity contribution in [3.05, 3.63) is 0 Å². The fourth-order valence-corrected chi connectivity index (χ4v) is 2.15. The van der Waals surface area contributed by atoms with Crippen LogP contribution in [-0.4, -0.2) is 19.0 Å². The average Bonchev–Trinajstić information content (AvgIpc) is 1.97. The van der Waals surface area contributed by atoms with Gasteiger partial charge in [0.05, 0.1) is 0 Å². The smallest absolute Gasteiger partial charge is 0.0462 e. The van der Waals surface area contributed by atoms with E-state index in [1.165, 1.54) is 12.8 Å². The second-order valence-corrected chi connectivity index (χ2v) is 3.94. The number of hydrogen-bond acceptors (Lipinski definition) is 1. The van der Waals surface area contributed by atoms with E-state index >= 15 is 0 Å². The summed E-state index contributed by atoms with van der Waals surface area (Å²) in [5, 5.41) is 1.12. The van der Waals surface area contributed by atoms with Gasteiger partial charge in [0.1, 0.15) is 0 Å². The molecule has 0 spiro atoms. The van der Waals surface area contributed by atoms with E-state index in [9.17, 15) is 0 Å². The van der Waals surface area contributed by atoms with Crippen molar-refractivity contribution in [3.63, 3.8) is 0 Å². The van der Waals surface area contributed by atoms with Gasteiger partial charge in [-0.15, -0.1) is 0 Å². The predicted octanol–water partition coefficient (Wildman–Crippen LogP) is 3.08. The molecule has 1 nitrogen and oxygen atoms in total. The summed E-state index contributed by atoms with van der Waals surface area (Å²) >= 11 is 3.53. The normalized spacial score (nSPS) is 13.9. The van der Waals surface area contributed by atoms with Gasteiger partial charge in [-0.3, -0.25) is 0 Å². The fourth-order valence-electron chi connectivity index (χ4n) is 1.08. The van der Waals surface area contributed by atoms with Gasteiger partial charge in [-0.2, -0.15) is 0 Å². The molecule has 0 aliphatic heterocycles. The van der Waals surface area contributed by atoms with Crippen molar-refractivity contribution >= 4 is 15.9 Å². The number of hydrogen-bond donors (Lipinski definition) is 0. The topological polar surface area (TPSA) is 9.23 Å². The zero-order chi connectivity index (χ0) is 8.69. The van der Waals surface area contributed by atoms with Crippen LogP contribution in [0.5, 0.6) is 0 Å². The highest BCUT2D eigenvalue weighted by atomic mass is 79.9. The lowest BCUT2D eigenvalue weighted by molar-refractivity contribution is 0.184. The lowest BCUT2D eigenvalue weighted by Gasteiger charge is -2.17. The molecular formula is C9H19BrO. The molecule has 0 aromatic carbocycles. The molecule has 0 rings (SSSR count). The predicted molar refractivity (Wildman–Crippen MR) is 53.2 cm³/mol. The Morgan fingerprint density at radius 3 is 2.36 bits per heavy atom. The Labute approximate surface area is 78.6 Å². The molecule has 11 heavy (non-hydrogen) atoms. The molecule has 0 radical (unpaired) electrons. The number of rotatable bonds is 6. The molecule has 0 aromatic heterocycles. The van der Waals surface area contributed by atoms with Crippen LogP contribution in [0.1, 0.15) is 26.7 Å². The minimum atomic E-state index is 0.784. The van der Waals surface area contributed by atoms with E-state index in [0.717, 1.165) is 23.8 Å². The quantitative estimate of drug-likeness (QED) is 0.496. The zero-order valence-corrected chi connectivity index (χ0v) is 9.36. The number of halogens is 1. The molecular weight excluding hydrogens is 204 g/mol. The Hall–Kier alpha value is 0.440. The number of alkyl halides is 1. The van der Waals surface area contributed by atoms with Crippen LogP contribution in [0.3, 0.4) is 0 Å². The highest BCUT2D eigenvalue weighted by Gasteiger charge is 2.10. The Morgan fingerprint density at radius 1 is 1.36 bits per heavy atom. The molecule has 1 atom stereocenters. The monoisotopic (exact) mass is 222 g/mol. The van der Waals surface area contributed by atoms with E-state index < -0.39 is 0 Å². The van der Waals surface area contributed by atoms with E-state index in [1.807, 2.05) is 0 Å². The first-order valence-corrected chi connectivity index (χ1v) is 5.39. The largest absolute Gasteiger partial charge is 0.385 e. The second-order valence-electron chi connectivity index (χ2n) is 3.29. The minimum absolute atomic E-state index is 0.784. The van der Waals surface area contributed by atoms with E-state index in [1.54, 1.807) is 7.11 Å². The van der Waals surface area contributed by atoms with Gasteiger partial charge in [0.25, 0.3) is 0 Å². The maximum atomic E-state index is 5.00. The molecule has 0 amide bonds. The van der Waals surface area contributed by atoms with E-state index in [0.29, 0.717) is 0 Å². The molecule has 0 aromatic rings. The van der Waals surface area contributed by atoms with Gasteiger partial charge in [0.15, 0.2) is 0 Å². The minimum Gasteiger partial charge on any atom is -0.385 e. The standard InChI is InChI=1S/C9H19BrO/c1-8(2)9(7-10)5-4-6-11-3/h8-9H,4-7H2,1-3H3. The van der Waals surface area contributed by atoms with Crippen LogP contribution < -0.4 is 0 Å². The van der Waals surface area contributed by atoms with E-state index in [-0.39, 0.29) is 0 Å². The van der Waals surface area contributed by atoms with Crippen LogP contribution in [0.2, 0.25) is 0 Å². The average molecular weight is 223 g/mol. The van der Waals surface area contributed by atoms with Crippen molar-refractivity contribution in [2.45, 2.75) is 26.7 Å². The van der Waals surface area contributed by atoms with Gasteiger partial charge < -0.3 is 4.74 Å². The summed E-state index contributed by atoms with van der Waals surface area (Å²) in [7, 11) is 1.76. The van der Waals surface area contributed by atoms with Gasteiger partial charge in [-0.25, -0.2) is 0 Å². The molecule has 0 aliphatic carbocycles. The SMILES string of the molecule is COCCCC(CBr)C(C)C.